The van der Waals surface area contributed by atoms with Crippen molar-refractivity contribution in [2.75, 3.05) is 44.2 Å². The number of hydrogen-bond acceptors (Lipinski definition) is 3. The number of hydrogen-bond donors (Lipinski definition) is 0. The standard InChI is InChI=1S/C19H28N4O/c24-19(21-10-6-2-1-3-7-11-21)23-14-16-12-22(13-17(16)15-23)18-8-4-5-9-20-18/h4-5,8-9,16-17H,1-3,6-7,10-15H2/t16-,17+. The Morgan fingerprint density at radius 2 is 1.54 bits per heavy atom. The van der Waals surface area contributed by atoms with Gasteiger partial charge in [-0.05, 0) is 25.0 Å². The van der Waals surface area contributed by atoms with Crippen LogP contribution in [0.25, 0.3) is 0 Å². The van der Waals surface area contributed by atoms with E-state index in [1.165, 1.54) is 32.1 Å². The van der Waals surface area contributed by atoms with Crippen LogP contribution in [0.4, 0.5) is 10.6 Å². The lowest BCUT2D eigenvalue weighted by atomic mass is 10.0. The second-order valence-electron chi connectivity index (χ2n) is 7.56. The van der Waals surface area contributed by atoms with Crippen molar-refractivity contribution < 1.29 is 4.79 Å². The molecule has 3 aliphatic heterocycles. The Labute approximate surface area is 144 Å². The maximum atomic E-state index is 12.9. The van der Waals surface area contributed by atoms with Crippen molar-refractivity contribution >= 4 is 11.8 Å². The zero-order valence-corrected chi connectivity index (χ0v) is 14.4. The number of anilines is 1. The van der Waals surface area contributed by atoms with E-state index in [0.717, 1.165) is 45.1 Å². The normalized spacial score (nSPS) is 27.8. The molecule has 1 aromatic rings. The van der Waals surface area contributed by atoms with Crippen LogP contribution in [0.15, 0.2) is 24.4 Å². The molecule has 0 aliphatic carbocycles. The number of amides is 2. The first-order chi connectivity index (χ1) is 11.8. The lowest BCUT2D eigenvalue weighted by Crippen LogP contribution is -2.44. The number of urea groups is 1. The van der Waals surface area contributed by atoms with Gasteiger partial charge in [-0.3, -0.25) is 0 Å². The first kappa shape index (κ1) is 15.7. The van der Waals surface area contributed by atoms with Crippen LogP contribution in [0.5, 0.6) is 0 Å². The van der Waals surface area contributed by atoms with Gasteiger partial charge in [-0.15, -0.1) is 0 Å². The molecule has 0 spiro atoms. The minimum absolute atomic E-state index is 0.288. The number of likely N-dealkylation sites (tertiary alicyclic amines) is 2. The monoisotopic (exact) mass is 328 g/mol. The molecule has 0 aromatic carbocycles. The number of rotatable bonds is 1. The van der Waals surface area contributed by atoms with Gasteiger partial charge in [0.1, 0.15) is 5.82 Å². The van der Waals surface area contributed by atoms with Gasteiger partial charge in [0.15, 0.2) is 0 Å². The molecule has 3 saturated heterocycles. The molecule has 2 amide bonds. The lowest BCUT2D eigenvalue weighted by molar-refractivity contribution is 0.155. The van der Waals surface area contributed by atoms with Crippen molar-refractivity contribution in [2.24, 2.45) is 11.8 Å². The molecule has 0 unspecified atom stereocenters. The quantitative estimate of drug-likeness (QED) is 0.796. The van der Waals surface area contributed by atoms with E-state index < -0.39 is 0 Å². The zero-order valence-electron chi connectivity index (χ0n) is 14.4. The summed E-state index contributed by atoms with van der Waals surface area (Å²) in [5.74, 6) is 2.28. The third kappa shape index (κ3) is 3.21. The Kier molecular flexibility index (Phi) is 4.58. The number of fused-ring (bicyclic) bond motifs is 1. The second-order valence-corrected chi connectivity index (χ2v) is 7.56. The molecule has 5 nitrogen and oxygen atoms in total. The predicted molar refractivity (Wildman–Crippen MR) is 95.1 cm³/mol. The minimum atomic E-state index is 0.288. The first-order valence-electron chi connectivity index (χ1n) is 9.51. The average Bonchev–Trinajstić information content (AvgIpc) is 3.14. The van der Waals surface area contributed by atoms with Crippen molar-refractivity contribution in [3.8, 4) is 0 Å². The van der Waals surface area contributed by atoms with E-state index in [9.17, 15) is 4.79 Å². The minimum Gasteiger partial charge on any atom is -0.356 e. The molecule has 0 bridgehead atoms. The smallest absolute Gasteiger partial charge is 0.320 e. The van der Waals surface area contributed by atoms with Gasteiger partial charge in [-0.25, -0.2) is 9.78 Å². The van der Waals surface area contributed by atoms with Crippen LogP contribution in [0.2, 0.25) is 0 Å². The highest BCUT2D eigenvalue weighted by molar-refractivity contribution is 5.75. The number of aromatic nitrogens is 1. The highest BCUT2D eigenvalue weighted by Crippen LogP contribution is 2.33. The van der Waals surface area contributed by atoms with Gasteiger partial charge >= 0.3 is 6.03 Å². The van der Waals surface area contributed by atoms with Gasteiger partial charge < -0.3 is 14.7 Å². The summed E-state index contributed by atoms with van der Waals surface area (Å²) in [4.78, 5) is 24.0. The predicted octanol–water partition coefficient (Wildman–Crippen LogP) is 2.84. The van der Waals surface area contributed by atoms with Crippen LogP contribution < -0.4 is 4.90 Å². The highest BCUT2D eigenvalue weighted by Gasteiger charge is 2.42. The van der Waals surface area contributed by atoms with Gasteiger partial charge in [0, 0.05) is 57.3 Å². The number of carbonyl (C=O) groups excluding carboxylic acids is 1. The molecular formula is C19H28N4O. The summed E-state index contributed by atoms with van der Waals surface area (Å²) in [5.41, 5.74) is 0. The molecule has 3 fully saturated rings. The molecular weight excluding hydrogens is 300 g/mol. The summed E-state index contributed by atoms with van der Waals surface area (Å²) in [6.45, 7) is 5.80. The van der Waals surface area contributed by atoms with Crippen LogP contribution >= 0.6 is 0 Å². The van der Waals surface area contributed by atoms with Crippen LogP contribution in [-0.4, -0.2) is 60.1 Å². The van der Waals surface area contributed by atoms with Gasteiger partial charge in [0.25, 0.3) is 0 Å². The molecule has 24 heavy (non-hydrogen) atoms. The molecule has 5 heteroatoms. The molecule has 1 aromatic heterocycles. The van der Waals surface area contributed by atoms with E-state index in [4.69, 9.17) is 0 Å². The van der Waals surface area contributed by atoms with Crippen LogP contribution in [0.3, 0.4) is 0 Å². The highest BCUT2D eigenvalue weighted by atomic mass is 16.2. The SMILES string of the molecule is O=C(N1CCCCCCC1)N1C[C@@H]2CN(c3ccccn3)C[C@@H]2C1. The summed E-state index contributed by atoms with van der Waals surface area (Å²) < 4.78 is 0. The largest absolute Gasteiger partial charge is 0.356 e. The average molecular weight is 328 g/mol. The van der Waals surface area contributed by atoms with Crippen molar-refractivity contribution in [1.82, 2.24) is 14.8 Å². The Balaban J connectivity index is 1.34. The molecule has 2 atom stereocenters. The molecule has 3 aliphatic rings. The summed E-state index contributed by atoms with van der Waals surface area (Å²) in [6.07, 6.45) is 8.07. The third-order valence-corrected chi connectivity index (χ3v) is 5.86. The molecule has 4 rings (SSSR count). The Hall–Kier alpha value is -1.78. The number of nitrogens with zero attached hydrogens (tertiary/aromatic N) is 4. The van der Waals surface area contributed by atoms with E-state index in [1.54, 1.807) is 0 Å². The number of carbonyl (C=O) groups is 1. The fraction of sp³-hybridized carbons (Fsp3) is 0.684. The van der Waals surface area contributed by atoms with Crippen LogP contribution in [0.1, 0.15) is 32.1 Å². The van der Waals surface area contributed by atoms with Crippen molar-refractivity contribution in [1.29, 1.82) is 0 Å². The molecule has 4 heterocycles. The van der Waals surface area contributed by atoms with Crippen molar-refractivity contribution in [2.45, 2.75) is 32.1 Å². The molecule has 0 saturated carbocycles. The molecule has 0 radical (unpaired) electrons. The summed E-state index contributed by atoms with van der Waals surface area (Å²) in [5, 5.41) is 0. The summed E-state index contributed by atoms with van der Waals surface area (Å²) in [6, 6.07) is 6.39. The Morgan fingerprint density at radius 1 is 0.875 bits per heavy atom. The topological polar surface area (TPSA) is 39.7 Å². The van der Waals surface area contributed by atoms with Gasteiger partial charge in [-0.1, -0.05) is 25.3 Å². The van der Waals surface area contributed by atoms with E-state index in [-0.39, 0.29) is 6.03 Å². The maximum absolute atomic E-state index is 12.9. The van der Waals surface area contributed by atoms with Crippen LogP contribution in [-0.2, 0) is 0 Å². The van der Waals surface area contributed by atoms with Gasteiger partial charge in [0.05, 0.1) is 0 Å². The third-order valence-electron chi connectivity index (χ3n) is 5.86. The van der Waals surface area contributed by atoms with Gasteiger partial charge in [0.2, 0.25) is 0 Å². The Bertz CT molecular complexity index is 542. The molecule has 0 N–H and O–H groups in total. The first-order valence-corrected chi connectivity index (χ1v) is 9.51. The van der Waals surface area contributed by atoms with Crippen molar-refractivity contribution in [3.63, 3.8) is 0 Å². The second kappa shape index (κ2) is 6.99. The fourth-order valence-electron chi connectivity index (χ4n) is 4.52. The summed E-state index contributed by atoms with van der Waals surface area (Å²) in [7, 11) is 0. The van der Waals surface area contributed by atoms with Crippen molar-refractivity contribution in [3.05, 3.63) is 24.4 Å². The van der Waals surface area contributed by atoms with E-state index in [2.05, 4.69) is 25.8 Å². The Morgan fingerprint density at radius 3 is 2.17 bits per heavy atom. The number of pyridine rings is 1. The fourth-order valence-corrected chi connectivity index (χ4v) is 4.52. The van der Waals surface area contributed by atoms with Crippen LogP contribution in [0, 0.1) is 11.8 Å². The van der Waals surface area contributed by atoms with E-state index >= 15 is 0 Å². The lowest BCUT2D eigenvalue weighted by Gasteiger charge is -2.30. The van der Waals surface area contributed by atoms with Gasteiger partial charge in [-0.2, -0.15) is 0 Å². The molecule has 130 valence electrons. The zero-order chi connectivity index (χ0) is 16.4. The van der Waals surface area contributed by atoms with E-state index in [0.29, 0.717) is 11.8 Å². The maximum Gasteiger partial charge on any atom is 0.320 e. The van der Waals surface area contributed by atoms with E-state index in [1.807, 2.05) is 18.3 Å². The summed E-state index contributed by atoms with van der Waals surface area (Å²) >= 11 is 0.